The summed E-state index contributed by atoms with van der Waals surface area (Å²) in [5, 5.41) is 8.11. The largest absolute Gasteiger partial charge is 0.335 e. The van der Waals surface area contributed by atoms with E-state index in [2.05, 4.69) is 32.3 Å². The first-order valence-corrected chi connectivity index (χ1v) is 8.95. The first-order chi connectivity index (χ1) is 13.3. The molecule has 0 spiro atoms. The molecule has 4 aromatic rings. The SMILES string of the molecule is O=C(NCC1c2ccccc2-c2cncn21)Nc1cccc2ccccc12. The fraction of sp³-hybridized carbons (Fsp3) is 0.0909. The third kappa shape index (κ3) is 2.64. The molecule has 1 aromatic heterocycles. The van der Waals surface area contributed by atoms with Crippen LogP contribution in [0.5, 0.6) is 0 Å². The van der Waals surface area contributed by atoms with E-state index in [4.69, 9.17) is 0 Å². The third-order valence-corrected chi connectivity index (χ3v) is 5.09. The first-order valence-electron chi connectivity index (χ1n) is 8.95. The molecule has 5 rings (SSSR count). The van der Waals surface area contributed by atoms with E-state index in [0.717, 1.165) is 22.2 Å². The van der Waals surface area contributed by atoms with Gasteiger partial charge in [0.2, 0.25) is 0 Å². The van der Waals surface area contributed by atoms with Crippen LogP contribution in [0.3, 0.4) is 0 Å². The number of anilines is 1. The summed E-state index contributed by atoms with van der Waals surface area (Å²) in [4.78, 5) is 16.8. The van der Waals surface area contributed by atoms with Crippen LogP contribution >= 0.6 is 0 Å². The van der Waals surface area contributed by atoms with E-state index in [0.29, 0.717) is 6.54 Å². The Kier molecular flexibility index (Phi) is 3.64. The zero-order valence-electron chi connectivity index (χ0n) is 14.6. The molecular weight excluding hydrogens is 336 g/mol. The van der Waals surface area contributed by atoms with Crippen molar-refractivity contribution in [1.29, 1.82) is 0 Å². The summed E-state index contributed by atoms with van der Waals surface area (Å²) < 4.78 is 2.11. The van der Waals surface area contributed by atoms with Crippen LogP contribution in [0.1, 0.15) is 11.6 Å². The van der Waals surface area contributed by atoms with Crippen LogP contribution in [0.4, 0.5) is 10.5 Å². The molecule has 132 valence electrons. The van der Waals surface area contributed by atoms with Gasteiger partial charge in [0.25, 0.3) is 0 Å². The van der Waals surface area contributed by atoms with Gasteiger partial charge in [-0.2, -0.15) is 0 Å². The number of benzene rings is 3. The van der Waals surface area contributed by atoms with Crippen molar-refractivity contribution in [3.63, 3.8) is 0 Å². The highest BCUT2D eigenvalue weighted by Gasteiger charge is 2.28. The highest BCUT2D eigenvalue weighted by molar-refractivity contribution is 6.01. The van der Waals surface area contributed by atoms with E-state index in [-0.39, 0.29) is 12.1 Å². The lowest BCUT2D eigenvalue weighted by Gasteiger charge is -2.16. The number of imidazole rings is 1. The van der Waals surface area contributed by atoms with E-state index in [1.807, 2.05) is 67.1 Å². The Morgan fingerprint density at radius 3 is 2.78 bits per heavy atom. The standard InChI is InChI=1S/C22H18N4O/c27-22(25-19-11-5-7-15-6-1-2-8-16(15)19)24-13-21-18-10-4-3-9-17(18)20-12-23-14-26(20)21/h1-12,14,21H,13H2,(H2,24,25,27). The number of carbonyl (C=O) groups is 1. The predicted molar refractivity (Wildman–Crippen MR) is 107 cm³/mol. The van der Waals surface area contributed by atoms with Crippen molar-refractivity contribution in [2.24, 2.45) is 0 Å². The number of rotatable bonds is 3. The molecule has 0 bridgehead atoms. The van der Waals surface area contributed by atoms with Gasteiger partial charge >= 0.3 is 6.03 Å². The monoisotopic (exact) mass is 354 g/mol. The molecule has 0 saturated heterocycles. The number of urea groups is 1. The minimum absolute atomic E-state index is 0.0527. The molecule has 5 heteroatoms. The molecule has 1 aliphatic rings. The number of carbonyl (C=O) groups excluding carboxylic acids is 1. The molecule has 2 N–H and O–H groups in total. The molecule has 5 nitrogen and oxygen atoms in total. The molecule has 0 aliphatic carbocycles. The zero-order valence-corrected chi connectivity index (χ0v) is 14.6. The summed E-state index contributed by atoms with van der Waals surface area (Å²) in [6.07, 6.45) is 3.69. The average molecular weight is 354 g/mol. The Bertz CT molecular complexity index is 1140. The molecule has 0 fully saturated rings. The van der Waals surface area contributed by atoms with E-state index in [1.54, 1.807) is 0 Å². The molecule has 2 amide bonds. The van der Waals surface area contributed by atoms with Crippen LogP contribution in [0.25, 0.3) is 22.0 Å². The van der Waals surface area contributed by atoms with E-state index < -0.39 is 0 Å². The highest BCUT2D eigenvalue weighted by atomic mass is 16.2. The Morgan fingerprint density at radius 1 is 1.00 bits per heavy atom. The quantitative estimate of drug-likeness (QED) is 0.572. The summed E-state index contributed by atoms with van der Waals surface area (Å²) in [7, 11) is 0. The van der Waals surface area contributed by atoms with Gasteiger partial charge in [-0.1, -0.05) is 60.7 Å². The number of amides is 2. The lowest BCUT2D eigenvalue weighted by molar-refractivity contribution is 0.251. The molecule has 1 aliphatic heterocycles. The van der Waals surface area contributed by atoms with Gasteiger partial charge < -0.3 is 15.2 Å². The summed E-state index contributed by atoms with van der Waals surface area (Å²) in [5.74, 6) is 0. The van der Waals surface area contributed by atoms with Gasteiger partial charge in [0.05, 0.1) is 29.9 Å². The van der Waals surface area contributed by atoms with Crippen molar-refractivity contribution in [2.75, 3.05) is 11.9 Å². The van der Waals surface area contributed by atoms with Crippen LogP contribution in [0.15, 0.2) is 79.3 Å². The topological polar surface area (TPSA) is 59.0 Å². The van der Waals surface area contributed by atoms with E-state index in [1.165, 1.54) is 11.1 Å². The molecular formula is C22H18N4O. The number of hydrogen-bond donors (Lipinski definition) is 2. The van der Waals surface area contributed by atoms with Crippen LogP contribution in [0, 0.1) is 0 Å². The van der Waals surface area contributed by atoms with E-state index in [9.17, 15) is 4.79 Å². The van der Waals surface area contributed by atoms with Crippen LogP contribution in [-0.4, -0.2) is 22.1 Å². The maximum absolute atomic E-state index is 12.5. The molecule has 3 aromatic carbocycles. The van der Waals surface area contributed by atoms with Crippen LogP contribution < -0.4 is 10.6 Å². The maximum atomic E-state index is 12.5. The van der Waals surface area contributed by atoms with Gasteiger partial charge in [-0.15, -0.1) is 0 Å². The van der Waals surface area contributed by atoms with Crippen molar-refractivity contribution in [3.05, 3.63) is 84.8 Å². The van der Waals surface area contributed by atoms with Gasteiger partial charge in [0.15, 0.2) is 0 Å². The molecule has 27 heavy (non-hydrogen) atoms. The minimum Gasteiger partial charge on any atom is -0.335 e. The van der Waals surface area contributed by atoms with Crippen LogP contribution in [0.2, 0.25) is 0 Å². The first kappa shape index (κ1) is 15.6. The second kappa shape index (κ2) is 6.29. The van der Waals surface area contributed by atoms with Crippen molar-refractivity contribution in [3.8, 4) is 11.3 Å². The van der Waals surface area contributed by atoms with E-state index >= 15 is 0 Å². The Morgan fingerprint density at radius 2 is 1.81 bits per heavy atom. The zero-order chi connectivity index (χ0) is 18.2. The summed E-state index contributed by atoms with van der Waals surface area (Å²) in [6, 6.07) is 22.0. The number of nitrogens with one attached hydrogen (secondary N) is 2. The Labute approximate surface area is 156 Å². The van der Waals surface area contributed by atoms with Gasteiger partial charge in [-0.25, -0.2) is 9.78 Å². The number of nitrogens with zero attached hydrogens (tertiary/aromatic N) is 2. The summed E-state index contributed by atoms with van der Waals surface area (Å²) >= 11 is 0. The third-order valence-electron chi connectivity index (χ3n) is 5.09. The number of aromatic nitrogens is 2. The van der Waals surface area contributed by atoms with Crippen molar-refractivity contribution in [1.82, 2.24) is 14.9 Å². The summed E-state index contributed by atoms with van der Waals surface area (Å²) in [5.41, 5.74) is 4.28. The summed E-state index contributed by atoms with van der Waals surface area (Å²) in [6.45, 7) is 0.497. The maximum Gasteiger partial charge on any atom is 0.319 e. The molecule has 2 heterocycles. The molecule has 1 unspecified atom stereocenters. The minimum atomic E-state index is -0.211. The smallest absolute Gasteiger partial charge is 0.319 e. The van der Waals surface area contributed by atoms with Gasteiger partial charge in [-0.05, 0) is 17.0 Å². The average Bonchev–Trinajstić information content (AvgIpc) is 3.28. The normalized spacial score (nSPS) is 14.6. The number of hydrogen-bond acceptors (Lipinski definition) is 2. The molecule has 1 atom stereocenters. The highest BCUT2D eigenvalue weighted by Crippen LogP contribution is 2.38. The Balaban J connectivity index is 1.34. The van der Waals surface area contributed by atoms with Crippen LogP contribution in [-0.2, 0) is 0 Å². The second-order valence-corrected chi connectivity index (χ2v) is 6.65. The van der Waals surface area contributed by atoms with Crippen molar-refractivity contribution < 1.29 is 4.79 Å². The van der Waals surface area contributed by atoms with Crippen molar-refractivity contribution in [2.45, 2.75) is 6.04 Å². The second-order valence-electron chi connectivity index (χ2n) is 6.65. The van der Waals surface area contributed by atoms with Gasteiger partial charge in [-0.3, -0.25) is 0 Å². The predicted octanol–water partition coefficient (Wildman–Crippen LogP) is 4.43. The van der Waals surface area contributed by atoms with Gasteiger partial charge in [0.1, 0.15) is 0 Å². The fourth-order valence-electron chi connectivity index (χ4n) is 3.83. The molecule has 0 radical (unpaired) electrons. The lowest BCUT2D eigenvalue weighted by atomic mass is 10.0. The van der Waals surface area contributed by atoms with Crippen molar-refractivity contribution >= 4 is 22.5 Å². The Hall–Kier alpha value is -3.60. The number of fused-ring (bicyclic) bond motifs is 4. The van der Waals surface area contributed by atoms with Gasteiger partial charge in [0, 0.05) is 17.5 Å². The lowest BCUT2D eigenvalue weighted by Crippen LogP contribution is -2.33. The fourth-order valence-corrected chi connectivity index (χ4v) is 3.83. The molecule has 0 saturated carbocycles.